The van der Waals surface area contributed by atoms with Crippen LogP contribution in [0.5, 0.6) is 0 Å². The second kappa shape index (κ2) is 8.95. The number of thioether (sulfide) groups is 1. The molecule has 2 aromatic carbocycles. The van der Waals surface area contributed by atoms with Crippen molar-refractivity contribution in [3.63, 3.8) is 0 Å². The van der Waals surface area contributed by atoms with E-state index in [4.69, 9.17) is 4.74 Å². The summed E-state index contributed by atoms with van der Waals surface area (Å²) in [5.41, 5.74) is 0.0582. The molecule has 0 spiro atoms. The van der Waals surface area contributed by atoms with Crippen LogP contribution in [0.4, 0.5) is 10.1 Å². The van der Waals surface area contributed by atoms with Crippen LogP contribution in [0.1, 0.15) is 15.9 Å². The van der Waals surface area contributed by atoms with Crippen LogP contribution in [-0.2, 0) is 16.1 Å². The first-order valence-corrected chi connectivity index (χ1v) is 8.64. The third-order valence-corrected chi connectivity index (χ3v) is 4.16. The summed E-state index contributed by atoms with van der Waals surface area (Å²) in [7, 11) is 0. The van der Waals surface area contributed by atoms with Crippen molar-refractivity contribution in [2.24, 2.45) is 0 Å². The minimum Gasteiger partial charge on any atom is -0.452 e. The first-order valence-electron chi connectivity index (χ1n) is 7.42. The molecule has 0 unspecified atom stereocenters. The van der Waals surface area contributed by atoms with E-state index in [-0.39, 0.29) is 17.8 Å². The predicted octanol–water partition coefficient (Wildman–Crippen LogP) is 2.93. The molecule has 0 fully saturated rings. The third kappa shape index (κ3) is 5.03. The average molecular weight is 378 g/mol. The van der Waals surface area contributed by atoms with Crippen molar-refractivity contribution < 1.29 is 23.6 Å². The Labute approximate surface area is 152 Å². The maximum Gasteiger partial charge on any atom is 0.338 e. The van der Waals surface area contributed by atoms with Crippen LogP contribution in [0.15, 0.2) is 47.4 Å². The highest BCUT2D eigenvalue weighted by Crippen LogP contribution is 2.28. The SMILES string of the molecule is CSc1ccc(C(=O)OCC(=O)NCc2ccccc2F)cc1[N+](=O)[O-]. The first-order chi connectivity index (χ1) is 12.4. The topological polar surface area (TPSA) is 98.5 Å². The molecule has 1 amide bonds. The first kappa shape index (κ1) is 19.4. The normalized spacial score (nSPS) is 10.2. The largest absolute Gasteiger partial charge is 0.452 e. The number of nitrogens with zero attached hydrogens (tertiary/aromatic N) is 1. The van der Waals surface area contributed by atoms with Gasteiger partial charge in [0.2, 0.25) is 0 Å². The van der Waals surface area contributed by atoms with Gasteiger partial charge in [-0.3, -0.25) is 14.9 Å². The quantitative estimate of drug-likeness (QED) is 0.344. The molecule has 7 nitrogen and oxygen atoms in total. The highest BCUT2D eigenvalue weighted by molar-refractivity contribution is 7.98. The smallest absolute Gasteiger partial charge is 0.338 e. The van der Waals surface area contributed by atoms with Crippen LogP contribution < -0.4 is 5.32 Å². The summed E-state index contributed by atoms with van der Waals surface area (Å²) in [5.74, 6) is -1.93. The standard InChI is InChI=1S/C17H15FN2O5S/c1-26-15-7-6-11(8-14(15)20(23)24)17(22)25-10-16(21)19-9-12-4-2-3-5-13(12)18/h2-8H,9-10H2,1H3,(H,19,21). The third-order valence-electron chi connectivity index (χ3n) is 3.38. The summed E-state index contributed by atoms with van der Waals surface area (Å²) in [5, 5.41) is 13.4. The second-order valence-electron chi connectivity index (χ2n) is 5.09. The average Bonchev–Trinajstić information content (AvgIpc) is 2.64. The fourth-order valence-corrected chi connectivity index (χ4v) is 2.61. The summed E-state index contributed by atoms with van der Waals surface area (Å²) in [6, 6.07) is 9.89. The summed E-state index contributed by atoms with van der Waals surface area (Å²) in [6.45, 7) is -0.623. The zero-order chi connectivity index (χ0) is 19.1. The van der Waals surface area contributed by atoms with Crippen LogP contribution in [0.2, 0.25) is 0 Å². The molecule has 0 saturated heterocycles. The Hall–Kier alpha value is -2.94. The molecule has 0 atom stereocenters. The van der Waals surface area contributed by atoms with E-state index in [2.05, 4.69) is 5.32 Å². The second-order valence-corrected chi connectivity index (χ2v) is 5.94. The molecule has 0 bridgehead atoms. The Bertz CT molecular complexity index is 844. The number of carbonyl (C=O) groups is 2. The number of ether oxygens (including phenoxy) is 1. The molecular weight excluding hydrogens is 363 g/mol. The molecule has 0 aromatic heterocycles. The van der Waals surface area contributed by atoms with Gasteiger partial charge in [-0.1, -0.05) is 18.2 Å². The molecule has 2 aromatic rings. The van der Waals surface area contributed by atoms with Gasteiger partial charge >= 0.3 is 5.97 Å². The van der Waals surface area contributed by atoms with Gasteiger partial charge in [0.05, 0.1) is 15.4 Å². The molecule has 0 saturated carbocycles. The van der Waals surface area contributed by atoms with Crippen molar-refractivity contribution in [1.29, 1.82) is 0 Å². The molecule has 2 rings (SSSR count). The monoisotopic (exact) mass is 378 g/mol. The zero-order valence-corrected chi connectivity index (χ0v) is 14.5. The van der Waals surface area contributed by atoms with Gasteiger partial charge < -0.3 is 10.1 Å². The van der Waals surface area contributed by atoms with Gasteiger partial charge in [0.1, 0.15) is 5.82 Å². The van der Waals surface area contributed by atoms with Crippen LogP contribution >= 0.6 is 11.8 Å². The summed E-state index contributed by atoms with van der Waals surface area (Å²) < 4.78 is 18.3. The van der Waals surface area contributed by atoms with E-state index in [1.165, 1.54) is 42.1 Å². The maximum atomic E-state index is 13.4. The fourth-order valence-electron chi connectivity index (χ4n) is 2.06. The van der Waals surface area contributed by atoms with Crippen molar-refractivity contribution >= 4 is 29.3 Å². The van der Waals surface area contributed by atoms with Gasteiger partial charge in [-0.05, 0) is 24.5 Å². The summed E-state index contributed by atoms with van der Waals surface area (Å²) in [4.78, 5) is 34.5. The Morgan fingerprint density at radius 2 is 2.00 bits per heavy atom. The van der Waals surface area contributed by atoms with Crippen molar-refractivity contribution in [2.45, 2.75) is 11.4 Å². The lowest BCUT2D eigenvalue weighted by molar-refractivity contribution is -0.387. The Morgan fingerprint density at radius 1 is 1.27 bits per heavy atom. The number of nitro benzene ring substituents is 1. The lowest BCUT2D eigenvalue weighted by Crippen LogP contribution is -2.28. The van der Waals surface area contributed by atoms with Crippen LogP contribution in [0, 0.1) is 15.9 Å². The number of hydrogen-bond acceptors (Lipinski definition) is 6. The lowest BCUT2D eigenvalue weighted by atomic mass is 10.2. The van der Waals surface area contributed by atoms with E-state index >= 15 is 0 Å². The predicted molar refractivity (Wildman–Crippen MR) is 93.4 cm³/mol. The molecule has 0 aliphatic heterocycles. The number of amides is 1. The van der Waals surface area contributed by atoms with Crippen molar-refractivity contribution in [3.05, 3.63) is 69.5 Å². The number of halogens is 1. The Balaban J connectivity index is 1.92. The van der Waals surface area contributed by atoms with Crippen LogP contribution in [0.3, 0.4) is 0 Å². The van der Waals surface area contributed by atoms with E-state index in [0.29, 0.717) is 10.5 Å². The number of nitrogens with one attached hydrogen (secondary N) is 1. The molecule has 0 aliphatic carbocycles. The van der Waals surface area contributed by atoms with E-state index in [9.17, 15) is 24.1 Å². The van der Waals surface area contributed by atoms with Gasteiger partial charge in [-0.2, -0.15) is 0 Å². The van der Waals surface area contributed by atoms with Crippen molar-refractivity contribution in [1.82, 2.24) is 5.32 Å². The molecule has 136 valence electrons. The van der Waals surface area contributed by atoms with Crippen LogP contribution in [0.25, 0.3) is 0 Å². The van der Waals surface area contributed by atoms with Crippen molar-refractivity contribution in [3.8, 4) is 0 Å². The highest BCUT2D eigenvalue weighted by Gasteiger charge is 2.18. The van der Waals surface area contributed by atoms with Gasteiger partial charge in [-0.25, -0.2) is 9.18 Å². The molecule has 26 heavy (non-hydrogen) atoms. The van der Waals surface area contributed by atoms with Crippen LogP contribution in [-0.4, -0.2) is 29.7 Å². The number of nitro groups is 1. The lowest BCUT2D eigenvalue weighted by Gasteiger charge is -2.08. The van der Waals surface area contributed by atoms with Gasteiger partial charge in [0.25, 0.3) is 11.6 Å². The van der Waals surface area contributed by atoms with Gasteiger partial charge in [-0.15, -0.1) is 11.8 Å². The van der Waals surface area contributed by atoms with E-state index in [1.54, 1.807) is 12.3 Å². The Kier molecular flexibility index (Phi) is 6.67. The highest BCUT2D eigenvalue weighted by atomic mass is 32.2. The number of hydrogen-bond donors (Lipinski definition) is 1. The minimum absolute atomic E-state index is 0.0311. The molecular formula is C17H15FN2O5S. The zero-order valence-electron chi connectivity index (χ0n) is 13.7. The minimum atomic E-state index is -0.859. The maximum absolute atomic E-state index is 13.4. The van der Waals surface area contributed by atoms with E-state index in [0.717, 1.165) is 6.07 Å². The summed E-state index contributed by atoms with van der Waals surface area (Å²) >= 11 is 1.18. The van der Waals surface area contributed by atoms with Gasteiger partial charge in [0, 0.05) is 18.2 Å². The molecule has 0 radical (unpaired) electrons. The van der Waals surface area contributed by atoms with Crippen molar-refractivity contribution in [2.75, 3.05) is 12.9 Å². The molecule has 0 aliphatic rings. The van der Waals surface area contributed by atoms with Gasteiger partial charge in [0.15, 0.2) is 6.61 Å². The fraction of sp³-hybridized carbons (Fsp3) is 0.176. The number of carbonyl (C=O) groups excluding carboxylic acids is 2. The number of benzene rings is 2. The van der Waals surface area contributed by atoms with E-state index < -0.39 is 29.2 Å². The Morgan fingerprint density at radius 3 is 2.65 bits per heavy atom. The summed E-state index contributed by atoms with van der Waals surface area (Å²) in [6.07, 6.45) is 1.68. The molecule has 9 heteroatoms. The number of esters is 1. The van der Waals surface area contributed by atoms with E-state index in [1.807, 2.05) is 0 Å². The number of rotatable bonds is 7. The molecule has 1 N–H and O–H groups in total. The molecule has 0 heterocycles.